The van der Waals surface area contributed by atoms with Crippen molar-refractivity contribution in [3.63, 3.8) is 0 Å². The van der Waals surface area contributed by atoms with E-state index in [1.54, 1.807) is 23.2 Å². The average Bonchev–Trinajstić information content (AvgIpc) is 3.23. The predicted molar refractivity (Wildman–Crippen MR) is 87.3 cm³/mol. The molecule has 0 aliphatic heterocycles. The highest BCUT2D eigenvalue weighted by Crippen LogP contribution is 2.21. The van der Waals surface area contributed by atoms with E-state index in [0.29, 0.717) is 23.1 Å². The number of nitrogens with zero attached hydrogens (tertiary/aromatic N) is 4. The molecule has 0 aromatic carbocycles. The highest BCUT2D eigenvalue weighted by Gasteiger charge is 2.15. The first kappa shape index (κ1) is 15.2. The van der Waals surface area contributed by atoms with Crippen LogP contribution in [0.15, 0.2) is 40.4 Å². The lowest BCUT2D eigenvalue weighted by Gasteiger charge is -2.14. The zero-order valence-electron chi connectivity index (χ0n) is 12.7. The normalized spacial score (nSPS) is 10.5. The first-order valence-electron chi connectivity index (χ1n) is 6.92. The van der Waals surface area contributed by atoms with Crippen molar-refractivity contribution >= 4 is 23.1 Å². The molecule has 118 valence electrons. The van der Waals surface area contributed by atoms with Crippen molar-refractivity contribution in [2.45, 2.75) is 6.54 Å². The molecular formula is C15H15N5O2S. The maximum Gasteiger partial charge on any atom is 0.255 e. The van der Waals surface area contributed by atoms with Gasteiger partial charge in [-0.1, -0.05) is 11.2 Å². The number of pyridine rings is 1. The van der Waals surface area contributed by atoms with Gasteiger partial charge >= 0.3 is 0 Å². The molecule has 1 N–H and O–H groups in total. The van der Waals surface area contributed by atoms with Crippen molar-refractivity contribution in [3.05, 3.63) is 47.3 Å². The zero-order valence-corrected chi connectivity index (χ0v) is 13.5. The van der Waals surface area contributed by atoms with Gasteiger partial charge in [0, 0.05) is 20.3 Å². The number of rotatable bonds is 5. The number of anilines is 1. The first-order chi connectivity index (χ1) is 11.1. The third kappa shape index (κ3) is 3.37. The largest absolute Gasteiger partial charge is 0.362 e. The molecule has 3 heterocycles. The third-order valence-electron chi connectivity index (χ3n) is 3.06. The average molecular weight is 329 g/mol. The van der Waals surface area contributed by atoms with Gasteiger partial charge in [0.2, 0.25) is 11.7 Å². The molecule has 0 fully saturated rings. The fraction of sp³-hybridized carbons (Fsp3) is 0.200. The van der Waals surface area contributed by atoms with Crippen molar-refractivity contribution in [1.29, 1.82) is 0 Å². The maximum absolute atomic E-state index is 12.3. The van der Waals surface area contributed by atoms with Crippen molar-refractivity contribution in [3.8, 4) is 10.7 Å². The summed E-state index contributed by atoms with van der Waals surface area (Å²) in [6.45, 7) is 0.166. The van der Waals surface area contributed by atoms with E-state index >= 15 is 0 Å². The lowest BCUT2D eigenvalue weighted by molar-refractivity contribution is 0.0946. The summed E-state index contributed by atoms with van der Waals surface area (Å²) in [6, 6.07) is 7.28. The van der Waals surface area contributed by atoms with Gasteiger partial charge in [-0.15, -0.1) is 11.3 Å². The molecule has 1 amide bonds. The summed E-state index contributed by atoms with van der Waals surface area (Å²) in [5.41, 5.74) is 0.496. The summed E-state index contributed by atoms with van der Waals surface area (Å²) >= 11 is 1.53. The van der Waals surface area contributed by atoms with Crippen LogP contribution in [0.2, 0.25) is 0 Å². The summed E-state index contributed by atoms with van der Waals surface area (Å²) < 4.78 is 5.16. The Bertz CT molecular complexity index is 798. The van der Waals surface area contributed by atoms with Crippen LogP contribution < -0.4 is 10.2 Å². The molecule has 3 aromatic rings. The number of hydrogen-bond acceptors (Lipinski definition) is 7. The van der Waals surface area contributed by atoms with Gasteiger partial charge in [-0.3, -0.25) is 4.79 Å². The third-order valence-corrected chi connectivity index (χ3v) is 3.93. The second kappa shape index (κ2) is 6.57. The molecule has 3 rings (SSSR count). The minimum Gasteiger partial charge on any atom is -0.362 e. The molecule has 0 aliphatic carbocycles. The fourth-order valence-corrected chi connectivity index (χ4v) is 2.66. The standard InChI is InChI=1S/C15H15N5O2S/c1-20(2)14-10(5-3-7-16-14)15(21)17-9-12-18-13(19-22-12)11-6-4-8-23-11/h3-8H,9H2,1-2H3,(H,17,21). The Hall–Kier alpha value is -2.74. The lowest BCUT2D eigenvalue weighted by atomic mass is 10.2. The predicted octanol–water partition coefficient (Wildman–Crippen LogP) is 2.19. The van der Waals surface area contributed by atoms with E-state index in [9.17, 15) is 4.79 Å². The molecule has 8 heteroatoms. The Morgan fingerprint density at radius 3 is 2.96 bits per heavy atom. The van der Waals surface area contributed by atoms with Crippen molar-refractivity contribution in [2.24, 2.45) is 0 Å². The van der Waals surface area contributed by atoms with E-state index in [4.69, 9.17) is 4.52 Å². The van der Waals surface area contributed by atoms with Gasteiger partial charge in [-0.2, -0.15) is 4.98 Å². The molecule has 0 aliphatic rings. The van der Waals surface area contributed by atoms with E-state index in [1.807, 2.05) is 31.6 Å². The highest BCUT2D eigenvalue weighted by molar-refractivity contribution is 7.13. The topological polar surface area (TPSA) is 84.2 Å². The van der Waals surface area contributed by atoms with Gasteiger partial charge < -0.3 is 14.7 Å². The molecule has 7 nitrogen and oxygen atoms in total. The van der Waals surface area contributed by atoms with Crippen LogP contribution in [0.25, 0.3) is 10.7 Å². The van der Waals surface area contributed by atoms with E-state index in [0.717, 1.165) is 4.88 Å². The Morgan fingerprint density at radius 1 is 1.35 bits per heavy atom. The van der Waals surface area contributed by atoms with Crippen LogP contribution in [-0.2, 0) is 6.54 Å². The molecule has 3 aromatic heterocycles. The molecule has 0 atom stereocenters. The summed E-state index contributed by atoms with van der Waals surface area (Å²) in [6.07, 6.45) is 1.65. The number of thiophene rings is 1. The molecular weight excluding hydrogens is 314 g/mol. The van der Waals surface area contributed by atoms with Gasteiger partial charge in [-0.25, -0.2) is 4.98 Å². The molecule has 0 saturated heterocycles. The second-order valence-corrected chi connectivity index (χ2v) is 5.89. The molecule has 23 heavy (non-hydrogen) atoms. The van der Waals surface area contributed by atoms with Gasteiger partial charge in [0.1, 0.15) is 5.82 Å². The number of carbonyl (C=O) groups excluding carboxylic acids is 1. The van der Waals surface area contributed by atoms with Crippen molar-refractivity contribution in [1.82, 2.24) is 20.4 Å². The Morgan fingerprint density at radius 2 is 2.22 bits per heavy atom. The molecule has 0 bridgehead atoms. The number of carbonyl (C=O) groups is 1. The van der Waals surface area contributed by atoms with Crippen LogP contribution in [0.5, 0.6) is 0 Å². The molecule has 0 spiro atoms. The van der Waals surface area contributed by atoms with E-state index in [-0.39, 0.29) is 12.5 Å². The smallest absolute Gasteiger partial charge is 0.255 e. The minimum absolute atomic E-state index is 0.166. The fourth-order valence-electron chi connectivity index (χ4n) is 2.01. The minimum atomic E-state index is -0.238. The number of amides is 1. The van der Waals surface area contributed by atoms with E-state index in [2.05, 4.69) is 20.4 Å². The first-order valence-corrected chi connectivity index (χ1v) is 7.80. The van der Waals surface area contributed by atoms with Gasteiger partial charge in [0.25, 0.3) is 5.91 Å². The lowest BCUT2D eigenvalue weighted by Crippen LogP contribution is -2.26. The quantitative estimate of drug-likeness (QED) is 0.772. The number of hydrogen-bond donors (Lipinski definition) is 1. The monoisotopic (exact) mass is 329 g/mol. The van der Waals surface area contributed by atoms with Gasteiger partial charge in [0.05, 0.1) is 17.0 Å². The molecule has 0 saturated carbocycles. The van der Waals surface area contributed by atoms with Crippen LogP contribution in [0.4, 0.5) is 5.82 Å². The maximum atomic E-state index is 12.3. The zero-order chi connectivity index (χ0) is 16.2. The Kier molecular flexibility index (Phi) is 4.33. The van der Waals surface area contributed by atoms with Crippen LogP contribution in [0.1, 0.15) is 16.2 Å². The van der Waals surface area contributed by atoms with Crippen LogP contribution in [0, 0.1) is 0 Å². The van der Waals surface area contributed by atoms with Gasteiger partial charge in [0.15, 0.2) is 0 Å². The summed E-state index contributed by atoms with van der Waals surface area (Å²) in [5, 5.41) is 8.62. The second-order valence-electron chi connectivity index (χ2n) is 4.94. The Balaban J connectivity index is 1.68. The Labute approximate surface area is 137 Å². The number of aromatic nitrogens is 3. The van der Waals surface area contributed by atoms with E-state index in [1.165, 1.54) is 11.3 Å². The van der Waals surface area contributed by atoms with Crippen LogP contribution >= 0.6 is 11.3 Å². The SMILES string of the molecule is CN(C)c1ncccc1C(=O)NCc1nc(-c2cccs2)no1. The summed E-state index contributed by atoms with van der Waals surface area (Å²) in [7, 11) is 3.68. The van der Waals surface area contributed by atoms with E-state index < -0.39 is 0 Å². The molecule has 0 radical (unpaired) electrons. The van der Waals surface area contributed by atoms with Crippen molar-refractivity contribution < 1.29 is 9.32 Å². The summed E-state index contributed by atoms with van der Waals surface area (Å²) in [5.74, 6) is 1.25. The number of nitrogens with one attached hydrogen (secondary N) is 1. The summed E-state index contributed by atoms with van der Waals surface area (Å²) in [4.78, 5) is 23.5. The highest BCUT2D eigenvalue weighted by atomic mass is 32.1. The van der Waals surface area contributed by atoms with Crippen LogP contribution in [0.3, 0.4) is 0 Å². The molecule has 0 unspecified atom stereocenters. The van der Waals surface area contributed by atoms with Crippen LogP contribution in [-0.4, -0.2) is 35.1 Å². The van der Waals surface area contributed by atoms with Crippen molar-refractivity contribution in [2.75, 3.05) is 19.0 Å². The van der Waals surface area contributed by atoms with Gasteiger partial charge in [-0.05, 0) is 23.6 Å².